The normalized spacial score (nSPS) is 16.1. The highest BCUT2D eigenvalue weighted by atomic mass is 19.1. The lowest BCUT2D eigenvalue weighted by Crippen LogP contribution is -2.38. The lowest BCUT2D eigenvalue weighted by Gasteiger charge is -2.33. The minimum absolute atomic E-state index is 0.119. The number of likely N-dealkylation sites (N-methyl/N-ethyl adjacent to an activating group) is 2. The number of hydrogen-bond donors (Lipinski definition) is 2. The lowest BCUT2D eigenvalue weighted by atomic mass is 9.87. The summed E-state index contributed by atoms with van der Waals surface area (Å²) in [5, 5.41) is 5.54. The van der Waals surface area contributed by atoms with E-state index in [2.05, 4.69) is 51.8 Å². The Hall–Kier alpha value is -3.36. The van der Waals surface area contributed by atoms with Gasteiger partial charge in [0.1, 0.15) is 17.3 Å². The number of aromatic nitrogens is 2. The monoisotopic (exact) mass is 477 g/mol. The number of fused-ring (bicyclic) bond motifs is 1. The Morgan fingerprint density at radius 3 is 2.71 bits per heavy atom. The van der Waals surface area contributed by atoms with Crippen LogP contribution < -0.4 is 16.2 Å². The second-order valence-electron chi connectivity index (χ2n) is 9.05. The molecule has 35 heavy (non-hydrogen) atoms. The predicted octanol–water partition coefficient (Wildman–Crippen LogP) is 3.61. The highest BCUT2D eigenvalue weighted by Crippen LogP contribution is 2.33. The molecule has 0 saturated carbocycles. The van der Waals surface area contributed by atoms with Crippen LogP contribution in [0.25, 0.3) is 11.4 Å². The van der Waals surface area contributed by atoms with E-state index >= 15 is 0 Å². The van der Waals surface area contributed by atoms with Crippen LogP contribution in [0.4, 0.5) is 10.1 Å². The van der Waals surface area contributed by atoms with Gasteiger partial charge < -0.3 is 10.6 Å². The number of aryl methyl sites for hydroxylation is 1. The van der Waals surface area contributed by atoms with Gasteiger partial charge in [-0.05, 0) is 75.7 Å². The molecular weight excluding hydrogens is 445 g/mol. The second kappa shape index (κ2) is 10.9. The van der Waals surface area contributed by atoms with Gasteiger partial charge in [0.05, 0.1) is 12.2 Å². The van der Waals surface area contributed by atoms with E-state index in [1.807, 2.05) is 0 Å². The standard InChI is InChI=1S/C27H32FN5O2/c1-18(29-2)26(34)31-23-17-30-25(20-11-13-21(28)14-12-20)33(27(23)35)16-15-32(3)24-10-6-8-19-7-4-5-9-22(19)24/h4-5,7,9,11-14,17-18,24,29H,6,8,10,15-16H2,1-3H3,(H,31,34)/t18?,24-/m1/s1. The van der Waals surface area contributed by atoms with Crippen LogP contribution >= 0.6 is 0 Å². The van der Waals surface area contributed by atoms with Crippen LogP contribution in [-0.4, -0.2) is 47.0 Å². The largest absolute Gasteiger partial charge is 0.319 e. The minimum Gasteiger partial charge on any atom is -0.319 e. The van der Waals surface area contributed by atoms with Gasteiger partial charge in [0.25, 0.3) is 5.56 Å². The Labute approximate surface area is 205 Å². The highest BCUT2D eigenvalue weighted by molar-refractivity contribution is 5.94. The molecule has 1 heterocycles. The molecule has 0 bridgehead atoms. The molecule has 2 N–H and O–H groups in total. The summed E-state index contributed by atoms with van der Waals surface area (Å²) in [4.78, 5) is 32.6. The van der Waals surface area contributed by atoms with Crippen molar-refractivity contribution in [2.45, 2.75) is 44.8 Å². The molecule has 0 radical (unpaired) electrons. The van der Waals surface area contributed by atoms with Crippen LogP contribution in [-0.2, 0) is 17.8 Å². The Morgan fingerprint density at radius 2 is 1.97 bits per heavy atom. The van der Waals surface area contributed by atoms with Crippen molar-refractivity contribution >= 4 is 11.6 Å². The minimum atomic E-state index is -0.461. The molecule has 1 unspecified atom stereocenters. The van der Waals surface area contributed by atoms with Gasteiger partial charge in [0.15, 0.2) is 0 Å². The fourth-order valence-electron chi connectivity index (χ4n) is 4.59. The molecular formula is C27H32FN5O2. The maximum atomic E-state index is 13.5. The first kappa shape index (κ1) is 24.8. The van der Waals surface area contributed by atoms with Gasteiger partial charge in [-0.1, -0.05) is 24.3 Å². The summed E-state index contributed by atoms with van der Waals surface area (Å²) in [7, 11) is 3.75. The fourth-order valence-corrected chi connectivity index (χ4v) is 4.59. The van der Waals surface area contributed by atoms with Crippen molar-refractivity contribution < 1.29 is 9.18 Å². The van der Waals surface area contributed by atoms with E-state index in [0.717, 1.165) is 19.3 Å². The molecule has 184 valence electrons. The number of carbonyl (C=O) groups excluding carboxylic acids is 1. The van der Waals surface area contributed by atoms with Gasteiger partial charge in [-0.25, -0.2) is 9.37 Å². The predicted molar refractivity (Wildman–Crippen MR) is 136 cm³/mol. The van der Waals surface area contributed by atoms with Crippen LogP contribution in [0, 0.1) is 5.82 Å². The van der Waals surface area contributed by atoms with Crippen LogP contribution in [0.2, 0.25) is 0 Å². The maximum absolute atomic E-state index is 13.5. The summed E-state index contributed by atoms with van der Waals surface area (Å²) in [5.74, 6) is -0.237. The summed E-state index contributed by atoms with van der Waals surface area (Å²) >= 11 is 0. The number of rotatable bonds is 8. The molecule has 8 heteroatoms. The van der Waals surface area contributed by atoms with Gasteiger partial charge in [0, 0.05) is 24.7 Å². The van der Waals surface area contributed by atoms with Crippen LogP contribution in [0.5, 0.6) is 0 Å². The zero-order valence-electron chi connectivity index (χ0n) is 20.4. The topological polar surface area (TPSA) is 79.3 Å². The lowest BCUT2D eigenvalue weighted by molar-refractivity contribution is -0.117. The van der Waals surface area contributed by atoms with Crippen molar-refractivity contribution in [1.82, 2.24) is 19.8 Å². The number of carbonyl (C=O) groups is 1. The third kappa shape index (κ3) is 5.49. The number of halogens is 1. The van der Waals surface area contributed by atoms with Gasteiger partial charge in [-0.15, -0.1) is 0 Å². The van der Waals surface area contributed by atoms with Crippen molar-refractivity contribution in [3.63, 3.8) is 0 Å². The number of anilines is 1. The molecule has 1 aliphatic rings. The first-order chi connectivity index (χ1) is 16.9. The number of hydrogen-bond acceptors (Lipinski definition) is 5. The highest BCUT2D eigenvalue weighted by Gasteiger charge is 2.24. The summed E-state index contributed by atoms with van der Waals surface area (Å²) in [6, 6.07) is 14.3. The van der Waals surface area contributed by atoms with E-state index < -0.39 is 6.04 Å². The molecule has 1 aliphatic carbocycles. The zero-order valence-corrected chi connectivity index (χ0v) is 20.4. The Morgan fingerprint density at radius 1 is 1.23 bits per heavy atom. The van der Waals surface area contributed by atoms with Crippen molar-refractivity contribution in [2.75, 3.05) is 26.0 Å². The van der Waals surface area contributed by atoms with Crippen LogP contribution in [0.15, 0.2) is 59.5 Å². The average Bonchev–Trinajstić information content (AvgIpc) is 2.88. The van der Waals surface area contributed by atoms with Gasteiger partial charge >= 0.3 is 0 Å². The smallest absolute Gasteiger partial charge is 0.277 e. The molecule has 0 aliphatic heterocycles. The summed E-state index contributed by atoms with van der Waals surface area (Å²) in [5.41, 5.74) is 3.13. The summed E-state index contributed by atoms with van der Waals surface area (Å²) < 4.78 is 15.1. The molecule has 1 aromatic heterocycles. The number of nitrogens with one attached hydrogen (secondary N) is 2. The first-order valence-electron chi connectivity index (χ1n) is 12.0. The van der Waals surface area contributed by atoms with Crippen LogP contribution in [0.1, 0.15) is 36.9 Å². The van der Waals surface area contributed by atoms with E-state index in [0.29, 0.717) is 24.5 Å². The molecule has 3 aromatic rings. The van der Waals surface area contributed by atoms with Crippen molar-refractivity contribution in [3.05, 3.63) is 82.0 Å². The van der Waals surface area contributed by atoms with E-state index in [1.54, 1.807) is 30.7 Å². The van der Waals surface area contributed by atoms with E-state index in [1.165, 1.54) is 29.5 Å². The van der Waals surface area contributed by atoms with Gasteiger partial charge in [0.2, 0.25) is 5.91 Å². The summed E-state index contributed by atoms with van der Waals surface area (Å²) in [6.45, 7) is 2.70. The third-order valence-corrected chi connectivity index (χ3v) is 6.78. The molecule has 7 nitrogen and oxygen atoms in total. The van der Waals surface area contributed by atoms with Gasteiger partial charge in [-0.3, -0.25) is 19.1 Å². The Kier molecular flexibility index (Phi) is 7.73. The number of nitrogens with zero attached hydrogens (tertiary/aromatic N) is 3. The molecule has 1 amide bonds. The number of benzene rings is 2. The molecule has 0 saturated heterocycles. The molecule has 0 spiro atoms. The quantitative estimate of drug-likeness (QED) is 0.518. The molecule has 2 aromatic carbocycles. The van der Waals surface area contributed by atoms with Crippen molar-refractivity contribution in [3.8, 4) is 11.4 Å². The van der Waals surface area contributed by atoms with E-state index in [4.69, 9.17) is 0 Å². The number of amides is 1. The SMILES string of the molecule is CNC(C)C(=O)Nc1cnc(-c2ccc(F)cc2)n(CCN(C)[C@@H]2CCCc3ccccc32)c1=O. The first-order valence-corrected chi connectivity index (χ1v) is 12.0. The van der Waals surface area contributed by atoms with Crippen LogP contribution in [0.3, 0.4) is 0 Å². The zero-order chi connectivity index (χ0) is 24.9. The molecule has 2 atom stereocenters. The Balaban J connectivity index is 1.63. The average molecular weight is 478 g/mol. The van der Waals surface area contributed by atoms with Crippen molar-refractivity contribution in [2.24, 2.45) is 0 Å². The second-order valence-corrected chi connectivity index (χ2v) is 9.05. The van der Waals surface area contributed by atoms with Gasteiger partial charge in [-0.2, -0.15) is 0 Å². The Bertz CT molecular complexity index is 1240. The van der Waals surface area contributed by atoms with E-state index in [-0.39, 0.29) is 29.0 Å². The molecule has 4 rings (SSSR count). The van der Waals surface area contributed by atoms with E-state index in [9.17, 15) is 14.0 Å². The third-order valence-electron chi connectivity index (χ3n) is 6.78. The maximum Gasteiger partial charge on any atom is 0.277 e. The summed E-state index contributed by atoms with van der Waals surface area (Å²) in [6.07, 6.45) is 4.65. The molecule has 0 fully saturated rings. The fraction of sp³-hybridized carbons (Fsp3) is 0.370. The van der Waals surface area contributed by atoms with Crippen molar-refractivity contribution in [1.29, 1.82) is 0 Å².